The Morgan fingerprint density at radius 3 is 2.65 bits per heavy atom. The Morgan fingerprint density at radius 2 is 2.00 bits per heavy atom. The number of nitrogens with zero attached hydrogens (tertiary/aromatic N) is 1. The third-order valence-corrected chi connectivity index (χ3v) is 4.32. The highest BCUT2D eigenvalue weighted by molar-refractivity contribution is 9.10. The summed E-state index contributed by atoms with van der Waals surface area (Å²) in [6.45, 7) is 1.17. The van der Waals surface area contributed by atoms with E-state index >= 15 is 0 Å². The molecule has 2 aromatic rings. The van der Waals surface area contributed by atoms with Crippen LogP contribution in [0.25, 0.3) is 0 Å². The summed E-state index contributed by atoms with van der Waals surface area (Å²) in [6, 6.07) is 11.8. The summed E-state index contributed by atoms with van der Waals surface area (Å²) < 4.78 is 5.92. The van der Waals surface area contributed by atoms with E-state index in [9.17, 15) is 4.79 Å². The quantitative estimate of drug-likeness (QED) is 0.918. The molecular formula is C15H15BrN2O2. The van der Waals surface area contributed by atoms with Gasteiger partial charge in [-0.2, -0.15) is 0 Å². The van der Waals surface area contributed by atoms with Gasteiger partial charge in [0, 0.05) is 25.0 Å². The third kappa shape index (κ3) is 2.39. The summed E-state index contributed by atoms with van der Waals surface area (Å²) in [7, 11) is 0. The Labute approximate surface area is 125 Å². The smallest absolute Gasteiger partial charge is 0.290 e. The normalized spacial score (nSPS) is 22.2. The number of likely N-dealkylation sites (tertiary alicyclic amines) is 1. The summed E-state index contributed by atoms with van der Waals surface area (Å²) in [6.07, 6.45) is 1.50. The highest BCUT2D eigenvalue weighted by atomic mass is 79.9. The Balaban J connectivity index is 1.79. The molecule has 1 aromatic heterocycles. The molecule has 2 N–H and O–H groups in total. The Bertz CT molecular complexity index is 611. The van der Waals surface area contributed by atoms with E-state index in [2.05, 4.69) is 28.1 Å². The Hall–Kier alpha value is -1.59. The molecule has 2 heterocycles. The van der Waals surface area contributed by atoms with Gasteiger partial charge in [0.25, 0.3) is 5.91 Å². The molecule has 0 unspecified atom stereocenters. The first-order chi connectivity index (χ1) is 9.66. The highest BCUT2D eigenvalue weighted by Gasteiger charge is 2.35. The average Bonchev–Trinajstić information content (AvgIpc) is 3.05. The second-order valence-electron chi connectivity index (χ2n) is 4.99. The van der Waals surface area contributed by atoms with Crippen LogP contribution in [-0.2, 0) is 0 Å². The lowest BCUT2D eigenvalue weighted by molar-refractivity contribution is 0.0756. The molecule has 1 aliphatic heterocycles. The molecular weight excluding hydrogens is 320 g/mol. The summed E-state index contributed by atoms with van der Waals surface area (Å²) in [5.41, 5.74) is 7.37. The molecule has 1 aromatic carbocycles. The monoisotopic (exact) mass is 334 g/mol. The summed E-state index contributed by atoms with van der Waals surface area (Å²) in [5.74, 6) is 0.399. The standard InChI is InChI=1S/C15H15BrN2O2/c16-12-6-7-20-14(12)15(19)18-8-11(13(17)9-18)10-4-2-1-3-5-10/h1-7,11,13H,8-9,17H2/t11-,13+/m0/s1. The molecule has 0 aliphatic carbocycles. The fourth-order valence-corrected chi connectivity index (χ4v) is 3.01. The molecule has 1 fully saturated rings. The second kappa shape index (κ2) is 5.42. The van der Waals surface area contributed by atoms with E-state index in [1.807, 2.05) is 18.2 Å². The molecule has 20 heavy (non-hydrogen) atoms. The van der Waals surface area contributed by atoms with E-state index in [4.69, 9.17) is 10.2 Å². The molecule has 0 radical (unpaired) electrons. The number of rotatable bonds is 2. The zero-order valence-electron chi connectivity index (χ0n) is 10.8. The van der Waals surface area contributed by atoms with Crippen LogP contribution in [0.3, 0.4) is 0 Å². The van der Waals surface area contributed by atoms with Gasteiger partial charge in [0.1, 0.15) is 0 Å². The van der Waals surface area contributed by atoms with Gasteiger partial charge in [0.2, 0.25) is 5.76 Å². The van der Waals surface area contributed by atoms with E-state index in [0.29, 0.717) is 23.3 Å². The van der Waals surface area contributed by atoms with Gasteiger partial charge < -0.3 is 15.1 Å². The van der Waals surface area contributed by atoms with Crippen LogP contribution >= 0.6 is 15.9 Å². The molecule has 1 aliphatic rings. The maximum absolute atomic E-state index is 12.4. The number of hydrogen-bond acceptors (Lipinski definition) is 3. The molecule has 2 atom stereocenters. The van der Waals surface area contributed by atoms with Crippen molar-refractivity contribution in [3.63, 3.8) is 0 Å². The predicted molar refractivity (Wildman–Crippen MR) is 79.5 cm³/mol. The van der Waals surface area contributed by atoms with Gasteiger partial charge in [-0.15, -0.1) is 0 Å². The molecule has 0 saturated carbocycles. The van der Waals surface area contributed by atoms with Crippen molar-refractivity contribution in [2.45, 2.75) is 12.0 Å². The predicted octanol–water partition coefficient (Wildman–Crippen LogP) is 2.61. The van der Waals surface area contributed by atoms with Gasteiger partial charge in [-0.05, 0) is 27.6 Å². The zero-order valence-corrected chi connectivity index (χ0v) is 12.4. The van der Waals surface area contributed by atoms with E-state index in [1.165, 1.54) is 11.8 Å². The lowest BCUT2D eigenvalue weighted by Gasteiger charge is -2.15. The minimum atomic E-state index is -0.115. The summed E-state index contributed by atoms with van der Waals surface area (Å²) >= 11 is 3.32. The van der Waals surface area contributed by atoms with Crippen molar-refractivity contribution in [1.82, 2.24) is 4.90 Å². The van der Waals surface area contributed by atoms with Gasteiger partial charge in [-0.25, -0.2) is 0 Å². The van der Waals surface area contributed by atoms with Gasteiger partial charge in [-0.1, -0.05) is 30.3 Å². The van der Waals surface area contributed by atoms with Gasteiger partial charge >= 0.3 is 0 Å². The number of amides is 1. The number of hydrogen-bond donors (Lipinski definition) is 1. The van der Waals surface area contributed by atoms with E-state index in [-0.39, 0.29) is 17.9 Å². The van der Waals surface area contributed by atoms with Gasteiger partial charge in [0.05, 0.1) is 10.7 Å². The lowest BCUT2D eigenvalue weighted by Crippen LogP contribution is -2.32. The second-order valence-corrected chi connectivity index (χ2v) is 5.84. The first-order valence-electron chi connectivity index (χ1n) is 6.49. The van der Waals surface area contributed by atoms with E-state index < -0.39 is 0 Å². The van der Waals surface area contributed by atoms with Crippen LogP contribution in [0, 0.1) is 0 Å². The number of benzene rings is 1. The number of furan rings is 1. The number of halogens is 1. The first-order valence-corrected chi connectivity index (χ1v) is 7.29. The Morgan fingerprint density at radius 1 is 1.25 bits per heavy atom. The molecule has 3 rings (SSSR count). The van der Waals surface area contributed by atoms with Crippen LogP contribution in [0.15, 0.2) is 51.6 Å². The van der Waals surface area contributed by atoms with Crippen LogP contribution in [0.2, 0.25) is 0 Å². The van der Waals surface area contributed by atoms with Crippen molar-refractivity contribution in [3.05, 3.63) is 58.5 Å². The molecule has 0 bridgehead atoms. The zero-order chi connectivity index (χ0) is 14.1. The fourth-order valence-electron chi connectivity index (χ4n) is 2.64. The van der Waals surface area contributed by atoms with Crippen molar-refractivity contribution < 1.29 is 9.21 Å². The van der Waals surface area contributed by atoms with Crippen molar-refractivity contribution >= 4 is 21.8 Å². The molecule has 5 heteroatoms. The molecule has 0 spiro atoms. The minimum Gasteiger partial charge on any atom is -0.458 e. The van der Waals surface area contributed by atoms with Crippen LogP contribution in [-0.4, -0.2) is 29.9 Å². The number of carbonyl (C=O) groups excluding carboxylic acids is 1. The molecule has 1 saturated heterocycles. The van der Waals surface area contributed by atoms with Crippen molar-refractivity contribution in [2.75, 3.05) is 13.1 Å². The molecule has 4 nitrogen and oxygen atoms in total. The van der Waals surface area contributed by atoms with Gasteiger partial charge in [-0.3, -0.25) is 4.79 Å². The first kappa shape index (κ1) is 13.4. The maximum Gasteiger partial charge on any atom is 0.290 e. The largest absolute Gasteiger partial charge is 0.458 e. The number of carbonyl (C=O) groups is 1. The fraction of sp³-hybridized carbons (Fsp3) is 0.267. The van der Waals surface area contributed by atoms with Crippen molar-refractivity contribution in [1.29, 1.82) is 0 Å². The van der Waals surface area contributed by atoms with E-state index in [0.717, 1.165) is 0 Å². The minimum absolute atomic E-state index is 0.0462. The van der Waals surface area contributed by atoms with Crippen LogP contribution in [0.4, 0.5) is 0 Å². The van der Waals surface area contributed by atoms with Crippen molar-refractivity contribution in [2.24, 2.45) is 5.73 Å². The average molecular weight is 335 g/mol. The summed E-state index contributed by atoms with van der Waals surface area (Å²) in [4.78, 5) is 14.2. The Kier molecular flexibility index (Phi) is 3.63. The van der Waals surface area contributed by atoms with E-state index in [1.54, 1.807) is 11.0 Å². The molecule has 104 valence electrons. The van der Waals surface area contributed by atoms with Crippen LogP contribution in [0.5, 0.6) is 0 Å². The van der Waals surface area contributed by atoms with Crippen LogP contribution in [0.1, 0.15) is 22.0 Å². The SMILES string of the molecule is N[C@@H]1CN(C(=O)c2occc2Br)C[C@H]1c1ccccc1. The number of nitrogens with two attached hydrogens (primary N) is 1. The summed E-state index contributed by atoms with van der Waals surface area (Å²) in [5, 5.41) is 0. The van der Waals surface area contributed by atoms with Gasteiger partial charge in [0.15, 0.2) is 0 Å². The molecule has 1 amide bonds. The maximum atomic E-state index is 12.4. The topological polar surface area (TPSA) is 59.5 Å². The van der Waals surface area contributed by atoms with Crippen LogP contribution < -0.4 is 5.73 Å². The van der Waals surface area contributed by atoms with Crippen molar-refractivity contribution in [3.8, 4) is 0 Å². The third-order valence-electron chi connectivity index (χ3n) is 3.69. The lowest BCUT2D eigenvalue weighted by atomic mass is 9.95. The highest BCUT2D eigenvalue weighted by Crippen LogP contribution is 2.29.